The number of amides is 2. The monoisotopic (exact) mass is 460 g/mol. The molecule has 8 nitrogen and oxygen atoms in total. The van der Waals surface area contributed by atoms with Crippen molar-refractivity contribution >= 4 is 28.5 Å². The van der Waals surface area contributed by atoms with E-state index >= 15 is 0 Å². The van der Waals surface area contributed by atoms with E-state index in [9.17, 15) is 27.9 Å². The molecule has 31 heavy (non-hydrogen) atoms. The quantitative estimate of drug-likeness (QED) is 0.370. The van der Waals surface area contributed by atoms with Crippen LogP contribution in [0.4, 0.5) is 23.0 Å². The second-order valence-corrected chi connectivity index (χ2v) is 7.73. The van der Waals surface area contributed by atoms with Crippen molar-refractivity contribution in [2.45, 2.75) is 26.4 Å². The maximum Gasteiger partial charge on any atom is 0.344 e. The second-order valence-electron chi connectivity index (χ2n) is 6.96. The summed E-state index contributed by atoms with van der Waals surface area (Å²) in [5.74, 6) is -5.58. The number of aromatic nitrogens is 1. The summed E-state index contributed by atoms with van der Waals surface area (Å²) in [6.45, 7) is 1.69. The van der Waals surface area contributed by atoms with E-state index in [1.54, 1.807) is 0 Å². The summed E-state index contributed by atoms with van der Waals surface area (Å²) in [7, 11) is 3.88. The normalized spacial score (nSPS) is 10.9. The topological polar surface area (TPSA) is 104 Å². The summed E-state index contributed by atoms with van der Waals surface area (Å²) < 4.78 is 50.5. The molecular weight excluding hydrogens is 437 g/mol. The Balaban J connectivity index is 2.04. The minimum absolute atomic E-state index is 0.107. The summed E-state index contributed by atoms with van der Waals surface area (Å²) in [6, 6.07) is 0.187. The molecule has 0 aliphatic rings. The Morgan fingerprint density at radius 1 is 1.23 bits per heavy atom. The van der Waals surface area contributed by atoms with E-state index in [1.165, 1.54) is 6.92 Å². The minimum atomic E-state index is -1.46. The number of anilines is 1. The molecule has 0 saturated carbocycles. The lowest BCUT2D eigenvalue weighted by Gasteiger charge is -2.10. The Hall–Kier alpha value is -2.86. The van der Waals surface area contributed by atoms with Crippen LogP contribution in [-0.2, 0) is 6.61 Å². The molecule has 0 saturated heterocycles. The molecule has 0 unspecified atom stereocenters. The highest BCUT2D eigenvalue weighted by Gasteiger charge is 2.25. The third-order valence-electron chi connectivity index (χ3n) is 4.21. The van der Waals surface area contributed by atoms with Crippen LogP contribution in [0.25, 0.3) is 0 Å². The van der Waals surface area contributed by atoms with Crippen molar-refractivity contribution in [2.24, 2.45) is 0 Å². The molecular formula is C19H23F3N4O4S. The smallest absolute Gasteiger partial charge is 0.344 e. The second kappa shape index (κ2) is 11.0. The van der Waals surface area contributed by atoms with Gasteiger partial charge in [0.05, 0.1) is 5.56 Å². The molecule has 12 heteroatoms. The number of nitrogens with one attached hydrogen (secondary N) is 2. The van der Waals surface area contributed by atoms with E-state index in [2.05, 4.69) is 15.0 Å². The number of carbonyl (C=O) groups is 2. The van der Waals surface area contributed by atoms with Gasteiger partial charge in [-0.25, -0.2) is 22.8 Å². The van der Waals surface area contributed by atoms with Crippen molar-refractivity contribution in [3.63, 3.8) is 0 Å². The lowest BCUT2D eigenvalue weighted by molar-refractivity contribution is 0.0693. The van der Waals surface area contributed by atoms with Gasteiger partial charge in [-0.3, -0.25) is 5.32 Å². The lowest BCUT2D eigenvalue weighted by atomic mass is 10.1. The predicted molar refractivity (Wildman–Crippen MR) is 109 cm³/mol. The van der Waals surface area contributed by atoms with Crippen molar-refractivity contribution in [3.8, 4) is 5.88 Å². The van der Waals surface area contributed by atoms with Gasteiger partial charge in [0.25, 0.3) is 0 Å². The van der Waals surface area contributed by atoms with Crippen LogP contribution in [0.3, 0.4) is 0 Å². The SMILES string of the molecule is Cc1cc(F)c(COc2nsc(NC(=O)NCCCCN(C)C)c2C(=O)O)c(F)c1F. The highest BCUT2D eigenvalue weighted by Crippen LogP contribution is 2.31. The van der Waals surface area contributed by atoms with Crippen LogP contribution in [0.15, 0.2) is 6.07 Å². The summed E-state index contributed by atoms with van der Waals surface area (Å²) in [5.41, 5.74) is -1.38. The zero-order valence-electron chi connectivity index (χ0n) is 17.2. The molecule has 0 fully saturated rings. The minimum Gasteiger partial charge on any atom is -0.477 e. The first-order valence-electron chi connectivity index (χ1n) is 9.30. The van der Waals surface area contributed by atoms with Crippen molar-refractivity contribution in [1.82, 2.24) is 14.6 Å². The van der Waals surface area contributed by atoms with Crippen LogP contribution in [0, 0.1) is 24.4 Å². The third-order valence-corrected chi connectivity index (χ3v) is 4.95. The number of urea groups is 1. The number of rotatable bonds is 10. The number of carbonyl (C=O) groups excluding carboxylic acids is 1. The number of aryl methyl sites for hydroxylation is 1. The van der Waals surface area contributed by atoms with Gasteiger partial charge in [0, 0.05) is 6.54 Å². The van der Waals surface area contributed by atoms with Gasteiger partial charge in [0.1, 0.15) is 17.4 Å². The van der Waals surface area contributed by atoms with Crippen molar-refractivity contribution in [1.29, 1.82) is 0 Å². The summed E-state index contributed by atoms with van der Waals surface area (Å²) in [6.07, 6.45) is 1.61. The van der Waals surface area contributed by atoms with Gasteiger partial charge in [0.15, 0.2) is 17.2 Å². The van der Waals surface area contributed by atoms with Crippen molar-refractivity contribution in [3.05, 3.63) is 40.2 Å². The van der Waals surface area contributed by atoms with E-state index in [0.29, 0.717) is 18.1 Å². The van der Waals surface area contributed by atoms with E-state index in [1.807, 2.05) is 19.0 Å². The number of hydrogen-bond donors (Lipinski definition) is 3. The van der Waals surface area contributed by atoms with Gasteiger partial charge in [-0.1, -0.05) is 0 Å². The maximum atomic E-state index is 14.0. The number of carboxylic acid groups (broad SMARTS) is 1. The highest BCUT2D eigenvalue weighted by atomic mass is 32.1. The molecule has 170 valence electrons. The van der Waals surface area contributed by atoms with E-state index < -0.39 is 53.1 Å². The van der Waals surface area contributed by atoms with E-state index in [4.69, 9.17) is 4.74 Å². The summed E-state index contributed by atoms with van der Waals surface area (Å²) >= 11 is 0.634. The molecule has 1 aromatic heterocycles. The van der Waals surface area contributed by atoms with Crippen LogP contribution >= 0.6 is 11.5 Å². The number of carboxylic acids is 1. The molecule has 1 heterocycles. The molecule has 0 atom stereocenters. The molecule has 0 bridgehead atoms. The first-order valence-corrected chi connectivity index (χ1v) is 10.1. The van der Waals surface area contributed by atoms with Crippen molar-refractivity contribution < 1.29 is 32.6 Å². The molecule has 0 aliphatic heterocycles. The predicted octanol–water partition coefficient (Wildman–Crippen LogP) is 3.61. The van der Waals surface area contributed by atoms with Gasteiger partial charge in [0.2, 0.25) is 5.88 Å². The van der Waals surface area contributed by atoms with Crippen LogP contribution in [0.2, 0.25) is 0 Å². The Bertz CT molecular complexity index is 953. The first kappa shape index (κ1) is 24.4. The average molecular weight is 460 g/mol. The van der Waals surface area contributed by atoms with Crippen molar-refractivity contribution in [2.75, 3.05) is 32.5 Å². The fraction of sp³-hybridized carbons (Fsp3) is 0.421. The number of ether oxygens (including phenoxy) is 1. The van der Waals surface area contributed by atoms with Crippen LogP contribution < -0.4 is 15.4 Å². The average Bonchev–Trinajstić information content (AvgIpc) is 3.08. The molecule has 0 radical (unpaired) electrons. The van der Waals surface area contributed by atoms with Gasteiger partial charge >= 0.3 is 12.0 Å². The van der Waals surface area contributed by atoms with Crippen LogP contribution in [-0.4, -0.2) is 53.6 Å². The Kier molecular flexibility index (Phi) is 8.63. The number of nitrogens with zero attached hydrogens (tertiary/aromatic N) is 2. The number of aromatic carboxylic acids is 1. The molecule has 2 rings (SSSR count). The molecule has 0 aliphatic carbocycles. The molecule has 2 amide bonds. The van der Waals surface area contributed by atoms with Gasteiger partial charge in [-0.2, -0.15) is 4.37 Å². The standard InChI is InChI=1S/C19H23F3N4O4S/c1-10-8-12(20)11(15(22)14(10)21)9-30-16-13(18(27)28)17(31-25-16)24-19(29)23-6-4-5-7-26(2)3/h8H,4-7,9H2,1-3H3,(H,27,28)(H2,23,24,29). The van der Waals surface area contributed by atoms with Gasteiger partial charge in [-0.15, -0.1) is 0 Å². The highest BCUT2D eigenvalue weighted by molar-refractivity contribution is 7.11. The number of benzene rings is 1. The maximum absolute atomic E-state index is 14.0. The zero-order valence-corrected chi connectivity index (χ0v) is 18.0. The fourth-order valence-electron chi connectivity index (χ4n) is 2.57. The van der Waals surface area contributed by atoms with Gasteiger partial charge in [-0.05, 0) is 63.6 Å². The Labute approximate surface area is 181 Å². The lowest BCUT2D eigenvalue weighted by Crippen LogP contribution is -2.30. The molecule has 1 aromatic carbocycles. The van der Waals surface area contributed by atoms with E-state index in [0.717, 1.165) is 25.5 Å². The number of unbranched alkanes of at least 4 members (excludes halogenated alkanes) is 1. The fourth-order valence-corrected chi connectivity index (χ4v) is 3.30. The molecule has 0 spiro atoms. The number of hydrogen-bond acceptors (Lipinski definition) is 6. The third kappa shape index (κ3) is 6.56. The first-order chi connectivity index (χ1) is 14.6. The van der Waals surface area contributed by atoms with E-state index in [-0.39, 0.29) is 10.6 Å². The molecule has 3 N–H and O–H groups in total. The largest absolute Gasteiger partial charge is 0.477 e. The Morgan fingerprint density at radius 3 is 2.58 bits per heavy atom. The molecule has 2 aromatic rings. The van der Waals surface area contributed by atoms with Crippen LogP contribution in [0.5, 0.6) is 5.88 Å². The number of halogens is 3. The Morgan fingerprint density at radius 2 is 1.94 bits per heavy atom. The zero-order chi connectivity index (χ0) is 23.1. The van der Waals surface area contributed by atoms with Crippen LogP contribution in [0.1, 0.15) is 34.3 Å². The van der Waals surface area contributed by atoms with Gasteiger partial charge < -0.3 is 20.1 Å². The summed E-state index contributed by atoms with van der Waals surface area (Å²) in [5, 5.41) is 14.3. The summed E-state index contributed by atoms with van der Waals surface area (Å²) in [4.78, 5) is 25.6.